The van der Waals surface area contributed by atoms with Gasteiger partial charge in [0.2, 0.25) is 5.91 Å². The lowest BCUT2D eigenvalue weighted by molar-refractivity contribution is -0.116. The number of fused-ring (bicyclic) bond motifs is 1. The molecule has 2 amide bonds. The minimum atomic E-state index is -0.338. The van der Waals surface area contributed by atoms with Gasteiger partial charge in [-0.05, 0) is 55.8 Å². The molecule has 0 radical (unpaired) electrons. The number of aryl methyl sites for hydroxylation is 1. The molecule has 0 spiro atoms. The summed E-state index contributed by atoms with van der Waals surface area (Å²) in [5, 5.41) is 5.71. The maximum Gasteiger partial charge on any atom is 0.329 e. The van der Waals surface area contributed by atoms with E-state index in [2.05, 4.69) is 10.6 Å². The average Bonchev–Trinajstić information content (AvgIpc) is 3.06. The van der Waals surface area contributed by atoms with Crippen molar-refractivity contribution >= 4 is 34.2 Å². The molecule has 3 aromatic carbocycles. The Labute approximate surface area is 185 Å². The molecule has 0 atom stereocenters. The van der Waals surface area contributed by atoms with Gasteiger partial charge in [0.05, 0.1) is 11.0 Å². The summed E-state index contributed by atoms with van der Waals surface area (Å²) in [4.78, 5) is 38.3. The number of rotatable bonds is 6. The van der Waals surface area contributed by atoms with Gasteiger partial charge in [0.15, 0.2) is 0 Å². The van der Waals surface area contributed by atoms with Gasteiger partial charge in [0.1, 0.15) is 6.54 Å². The fourth-order valence-corrected chi connectivity index (χ4v) is 3.80. The Morgan fingerprint density at radius 3 is 2.16 bits per heavy atom. The Hall–Kier alpha value is -4.13. The predicted octanol–water partition coefficient (Wildman–Crippen LogP) is 4.02. The first-order valence-corrected chi connectivity index (χ1v) is 10.4. The highest BCUT2D eigenvalue weighted by Gasteiger charge is 2.17. The monoisotopic (exact) mass is 428 g/mol. The summed E-state index contributed by atoms with van der Waals surface area (Å²) in [6, 6.07) is 21.8. The smallest absolute Gasteiger partial charge is 0.324 e. The fraction of sp³-hybridized carbons (Fsp3) is 0.160. The second-order valence-corrected chi connectivity index (χ2v) is 7.45. The van der Waals surface area contributed by atoms with E-state index in [-0.39, 0.29) is 24.0 Å². The molecule has 1 heterocycles. The lowest BCUT2D eigenvalue weighted by Gasteiger charge is -2.13. The van der Waals surface area contributed by atoms with E-state index in [0.717, 1.165) is 5.52 Å². The van der Waals surface area contributed by atoms with Gasteiger partial charge < -0.3 is 10.6 Å². The summed E-state index contributed by atoms with van der Waals surface area (Å²) >= 11 is 0. The van der Waals surface area contributed by atoms with E-state index in [0.29, 0.717) is 34.6 Å². The van der Waals surface area contributed by atoms with Crippen LogP contribution in [0.3, 0.4) is 0 Å². The SMILES string of the molecule is CCn1c(=O)n(CC(=O)Nc2cccc(C(=O)Nc3ccccc3)c2C)c2ccccc21. The summed E-state index contributed by atoms with van der Waals surface area (Å²) in [6.45, 7) is 4.08. The van der Waals surface area contributed by atoms with Crippen LogP contribution in [0.4, 0.5) is 11.4 Å². The molecule has 0 fully saturated rings. The Kier molecular flexibility index (Phi) is 5.89. The van der Waals surface area contributed by atoms with Crippen LogP contribution in [0.1, 0.15) is 22.8 Å². The van der Waals surface area contributed by atoms with Gasteiger partial charge in [-0.25, -0.2) is 4.79 Å². The molecular weight excluding hydrogens is 404 g/mol. The molecule has 4 aromatic rings. The van der Waals surface area contributed by atoms with Gasteiger partial charge >= 0.3 is 5.69 Å². The van der Waals surface area contributed by atoms with Crippen molar-refractivity contribution in [3.05, 3.63) is 94.4 Å². The number of para-hydroxylation sites is 3. The van der Waals surface area contributed by atoms with Gasteiger partial charge in [0.25, 0.3) is 5.91 Å². The van der Waals surface area contributed by atoms with Crippen molar-refractivity contribution in [2.45, 2.75) is 26.9 Å². The summed E-state index contributed by atoms with van der Waals surface area (Å²) < 4.78 is 3.11. The third kappa shape index (κ3) is 4.05. The van der Waals surface area contributed by atoms with Crippen molar-refractivity contribution in [2.75, 3.05) is 10.6 Å². The first-order valence-electron chi connectivity index (χ1n) is 10.4. The minimum absolute atomic E-state index is 0.119. The molecule has 0 saturated carbocycles. The molecule has 0 saturated heterocycles. The molecule has 32 heavy (non-hydrogen) atoms. The number of hydrogen-bond acceptors (Lipinski definition) is 3. The van der Waals surface area contributed by atoms with Crippen molar-refractivity contribution < 1.29 is 9.59 Å². The number of carbonyl (C=O) groups excluding carboxylic acids is 2. The highest BCUT2D eigenvalue weighted by Crippen LogP contribution is 2.21. The molecular formula is C25H24N4O3. The van der Waals surface area contributed by atoms with Gasteiger partial charge in [-0.3, -0.25) is 18.7 Å². The standard InChI is InChI=1S/C25H24N4O3/c1-3-28-21-14-7-8-15-22(21)29(25(28)32)16-23(30)27-20-13-9-12-19(17(20)2)24(31)26-18-10-5-4-6-11-18/h4-15H,3,16H2,1-2H3,(H,26,31)(H,27,30). The predicted molar refractivity (Wildman–Crippen MR) is 126 cm³/mol. The molecule has 7 nitrogen and oxygen atoms in total. The van der Waals surface area contributed by atoms with Crippen molar-refractivity contribution in [1.29, 1.82) is 0 Å². The zero-order valence-corrected chi connectivity index (χ0v) is 18.0. The number of nitrogens with one attached hydrogen (secondary N) is 2. The van der Waals surface area contributed by atoms with E-state index in [9.17, 15) is 14.4 Å². The number of carbonyl (C=O) groups is 2. The van der Waals surface area contributed by atoms with Crippen LogP contribution in [0.5, 0.6) is 0 Å². The van der Waals surface area contributed by atoms with E-state index >= 15 is 0 Å². The lowest BCUT2D eigenvalue weighted by atomic mass is 10.1. The number of amides is 2. The van der Waals surface area contributed by atoms with E-state index in [1.165, 1.54) is 4.57 Å². The molecule has 0 bridgehead atoms. The molecule has 0 aliphatic rings. The Morgan fingerprint density at radius 1 is 0.812 bits per heavy atom. The lowest BCUT2D eigenvalue weighted by Crippen LogP contribution is -2.29. The van der Waals surface area contributed by atoms with E-state index in [4.69, 9.17) is 0 Å². The Balaban J connectivity index is 1.55. The zero-order chi connectivity index (χ0) is 22.7. The first kappa shape index (κ1) is 21.1. The van der Waals surface area contributed by atoms with Gasteiger partial charge in [-0.1, -0.05) is 36.4 Å². The van der Waals surface area contributed by atoms with Crippen molar-refractivity contribution in [3.8, 4) is 0 Å². The van der Waals surface area contributed by atoms with E-state index < -0.39 is 0 Å². The van der Waals surface area contributed by atoms with E-state index in [1.54, 1.807) is 29.7 Å². The maximum atomic E-state index is 12.8. The molecule has 0 aliphatic carbocycles. The van der Waals surface area contributed by atoms with Crippen LogP contribution < -0.4 is 16.3 Å². The van der Waals surface area contributed by atoms with Crippen LogP contribution in [0, 0.1) is 6.92 Å². The van der Waals surface area contributed by atoms with Crippen molar-refractivity contribution in [2.24, 2.45) is 0 Å². The topological polar surface area (TPSA) is 85.1 Å². The highest BCUT2D eigenvalue weighted by atomic mass is 16.2. The number of aromatic nitrogens is 2. The van der Waals surface area contributed by atoms with Gasteiger partial charge in [-0.2, -0.15) is 0 Å². The first-order chi connectivity index (χ1) is 15.5. The van der Waals surface area contributed by atoms with Crippen LogP contribution in [0.15, 0.2) is 77.6 Å². The summed E-state index contributed by atoms with van der Waals surface area (Å²) in [5.74, 6) is -0.596. The second-order valence-electron chi connectivity index (χ2n) is 7.45. The fourth-order valence-electron chi connectivity index (χ4n) is 3.80. The third-order valence-electron chi connectivity index (χ3n) is 5.43. The van der Waals surface area contributed by atoms with Gasteiger partial charge in [0, 0.05) is 23.5 Å². The quantitative estimate of drug-likeness (QED) is 0.486. The Bertz CT molecular complexity index is 1350. The third-order valence-corrected chi connectivity index (χ3v) is 5.43. The number of benzene rings is 3. The number of anilines is 2. The van der Waals surface area contributed by atoms with Crippen LogP contribution >= 0.6 is 0 Å². The average molecular weight is 428 g/mol. The molecule has 7 heteroatoms. The van der Waals surface area contributed by atoms with Crippen LogP contribution in [0.2, 0.25) is 0 Å². The van der Waals surface area contributed by atoms with Gasteiger partial charge in [-0.15, -0.1) is 0 Å². The largest absolute Gasteiger partial charge is 0.329 e. The van der Waals surface area contributed by atoms with Crippen LogP contribution in [0.25, 0.3) is 11.0 Å². The molecule has 4 rings (SSSR count). The molecule has 0 aliphatic heterocycles. The zero-order valence-electron chi connectivity index (χ0n) is 18.0. The minimum Gasteiger partial charge on any atom is -0.324 e. The molecule has 162 valence electrons. The molecule has 2 N–H and O–H groups in total. The maximum absolute atomic E-state index is 12.8. The Morgan fingerprint density at radius 2 is 1.47 bits per heavy atom. The van der Waals surface area contributed by atoms with Crippen molar-refractivity contribution in [3.63, 3.8) is 0 Å². The second kappa shape index (κ2) is 8.93. The summed E-state index contributed by atoms with van der Waals surface area (Å²) in [6.07, 6.45) is 0. The number of imidazole rings is 1. The normalized spacial score (nSPS) is 10.8. The van der Waals surface area contributed by atoms with Crippen molar-refractivity contribution in [1.82, 2.24) is 9.13 Å². The highest BCUT2D eigenvalue weighted by molar-refractivity contribution is 6.06. The van der Waals surface area contributed by atoms with Crippen LogP contribution in [-0.4, -0.2) is 20.9 Å². The van der Waals surface area contributed by atoms with Crippen LogP contribution in [-0.2, 0) is 17.9 Å². The molecule has 0 unspecified atom stereocenters. The molecule has 1 aromatic heterocycles. The summed E-state index contributed by atoms with van der Waals surface area (Å²) in [5.41, 5.74) is 3.62. The summed E-state index contributed by atoms with van der Waals surface area (Å²) in [7, 11) is 0. The number of hydrogen-bond donors (Lipinski definition) is 2. The number of nitrogens with zero attached hydrogens (tertiary/aromatic N) is 2. The van der Waals surface area contributed by atoms with E-state index in [1.807, 2.05) is 61.5 Å².